The fourth-order valence-electron chi connectivity index (χ4n) is 1.56. The monoisotopic (exact) mass is 183 g/mol. The summed E-state index contributed by atoms with van der Waals surface area (Å²) in [7, 11) is 0. The molecular weight excluding hydrogens is 170 g/mol. The first-order valence-electron chi connectivity index (χ1n) is 4.68. The van der Waals surface area contributed by atoms with Gasteiger partial charge in [-0.3, -0.25) is 0 Å². The Hall–Kier alpha value is -1.76. The zero-order valence-electron chi connectivity index (χ0n) is 8.25. The number of benzene rings is 1. The number of hydrogen-bond acceptors (Lipinski definition) is 0. The van der Waals surface area contributed by atoms with E-state index in [4.69, 9.17) is 0 Å². The number of aryl methyl sites for hydroxylation is 1. The van der Waals surface area contributed by atoms with Crippen LogP contribution < -0.4 is 0 Å². The molecule has 1 heteroatoms. The second-order valence-electron chi connectivity index (χ2n) is 3.35. The topological polar surface area (TPSA) is 15.8 Å². The van der Waals surface area contributed by atoms with Crippen LogP contribution in [0.15, 0.2) is 43.0 Å². The smallest absolute Gasteiger partial charge is 0.0461 e. The Balaban J connectivity index is 2.48. The fourth-order valence-corrected chi connectivity index (χ4v) is 1.56. The first kappa shape index (κ1) is 8.82. The molecule has 0 atom stereocenters. The molecule has 1 nitrogen and oxygen atoms in total. The summed E-state index contributed by atoms with van der Waals surface area (Å²) in [6, 6.07) is 12.4. The van der Waals surface area contributed by atoms with Gasteiger partial charge in [-0.15, -0.1) is 0 Å². The van der Waals surface area contributed by atoms with E-state index in [0.29, 0.717) is 0 Å². The Labute approximate surface area is 84.1 Å². The SMILES string of the molecule is C=Cc1[nH]c(-c2ccccc2)cc1C. The molecule has 2 aromatic rings. The Morgan fingerprint density at radius 3 is 2.50 bits per heavy atom. The van der Waals surface area contributed by atoms with Gasteiger partial charge in [0.1, 0.15) is 0 Å². The molecule has 0 aliphatic heterocycles. The van der Waals surface area contributed by atoms with E-state index in [2.05, 4.69) is 36.7 Å². The van der Waals surface area contributed by atoms with Gasteiger partial charge in [-0.25, -0.2) is 0 Å². The van der Waals surface area contributed by atoms with Crippen LogP contribution in [0.4, 0.5) is 0 Å². The zero-order chi connectivity index (χ0) is 9.97. The number of aromatic amines is 1. The van der Waals surface area contributed by atoms with Crippen LogP contribution in [-0.2, 0) is 0 Å². The van der Waals surface area contributed by atoms with E-state index in [0.717, 1.165) is 11.4 Å². The third-order valence-electron chi connectivity index (χ3n) is 2.34. The lowest BCUT2D eigenvalue weighted by molar-refractivity contribution is 1.34. The van der Waals surface area contributed by atoms with Gasteiger partial charge in [0, 0.05) is 11.4 Å². The molecule has 2 rings (SSSR count). The zero-order valence-corrected chi connectivity index (χ0v) is 8.25. The van der Waals surface area contributed by atoms with Crippen molar-refractivity contribution in [1.29, 1.82) is 0 Å². The summed E-state index contributed by atoms with van der Waals surface area (Å²) in [6.07, 6.45) is 1.85. The Morgan fingerprint density at radius 2 is 1.93 bits per heavy atom. The molecule has 0 aliphatic rings. The molecular formula is C13H13N. The lowest BCUT2D eigenvalue weighted by atomic mass is 10.1. The number of rotatable bonds is 2. The molecule has 0 bridgehead atoms. The highest BCUT2D eigenvalue weighted by Gasteiger charge is 2.02. The minimum Gasteiger partial charge on any atom is -0.355 e. The molecule has 0 spiro atoms. The summed E-state index contributed by atoms with van der Waals surface area (Å²) in [5.74, 6) is 0. The predicted molar refractivity (Wildman–Crippen MR) is 61.1 cm³/mol. The molecule has 70 valence electrons. The number of aromatic nitrogens is 1. The molecule has 14 heavy (non-hydrogen) atoms. The van der Waals surface area contributed by atoms with Gasteiger partial charge in [0.2, 0.25) is 0 Å². The molecule has 0 radical (unpaired) electrons. The average molecular weight is 183 g/mol. The second kappa shape index (κ2) is 3.54. The maximum atomic E-state index is 3.77. The van der Waals surface area contributed by atoms with Gasteiger partial charge < -0.3 is 4.98 Å². The van der Waals surface area contributed by atoms with Crippen LogP contribution in [0.3, 0.4) is 0 Å². The van der Waals surface area contributed by atoms with Crippen molar-refractivity contribution in [3.63, 3.8) is 0 Å². The highest BCUT2D eigenvalue weighted by atomic mass is 14.7. The number of hydrogen-bond donors (Lipinski definition) is 1. The minimum atomic E-state index is 1.10. The van der Waals surface area contributed by atoms with E-state index < -0.39 is 0 Å². The van der Waals surface area contributed by atoms with Crippen LogP contribution in [0.25, 0.3) is 17.3 Å². The summed E-state index contributed by atoms with van der Waals surface area (Å²) in [6.45, 7) is 5.85. The predicted octanol–water partition coefficient (Wildman–Crippen LogP) is 3.63. The molecule has 1 aromatic heterocycles. The standard InChI is InChI=1S/C13H13N/c1-3-12-10(2)9-13(14-12)11-7-5-4-6-8-11/h3-9,14H,1H2,2H3. The van der Waals surface area contributed by atoms with Crippen molar-refractivity contribution in [1.82, 2.24) is 4.98 Å². The maximum Gasteiger partial charge on any atom is 0.0461 e. The van der Waals surface area contributed by atoms with Crippen LogP contribution in [0, 0.1) is 6.92 Å². The molecule has 0 saturated carbocycles. The average Bonchev–Trinajstić information content (AvgIpc) is 2.61. The van der Waals surface area contributed by atoms with E-state index in [9.17, 15) is 0 Å². The van der Waals surface area contributed by atoms with Crippen molar-refractivity contribution < 1.29 is 0 Å². The molecule has 1 aromatic carbocycles. The quantitative estimate of drug-likeness (QED) is 0.731. The van der Waals surface area contributed by atoms with Crippen molar-refractivity contribution >= 4 is 6.08 Å². The Bertz CT molecular complexity index is 438. The molecule has 0 saturated heterocycles. The Morgan fingerprint density at radius 1 is 1.21 bits per heavy atom. The lowest BCUT2D eigenvalue weighted by Gasteiger charge is -1.95. The normalized spacial score (nSPS) is 10.1. The summed E-state index contributed by atoms with van der Waals surface area (Å²) >= 11 is 0. The van der Waals surface area contributed by atoms with Crippen LogP contribution >= 0.6 is 0 Å². The third-order valence-corrected chi connectivity index (χ3v) is 2.34. The molecule has 0 amide bonds. The highest BCUT2D eigenvalue weighted by molar-refractivity contribution is 5.64. The van der Waals surface area contributed by atoms with Crippen LogP contribution in [0.2, 0.25) is 0 Å². The third kappa shape index (κ3) is 1.49. The summed E-state index contributed by atoms with van der Waals surface area (Å²) in [5, 5.41) is 0. The van der Waals surface area contributed by atoms with Crippen LogP contribution in [0.1, 0.15) is 11.3 Å². The van der Waals surface area contributed by atoms with Crippen molar-refractivity contribution in [2.24, 2.45) is 0 Å². The first-order chi connectivity index (χ1) is 6.81. The van der Waals surface area contributed by atoms with Gasteiger partial charge in [0.25, 0.3) is 0 Å². The lowest BCUT2D eigenvalue weighted by Crippen LogP contribution is -1.76. The summed E-state index contributed by atoms with van der Waals surface area (Å²) < 4.78 is 0. The van der Waals surface area contributed by atoms with Crippen molar-refractivity contribution in [2.75, 3.05) is 0 Å². The molecule has 1 N–H and O–H groups in total. The summed E-state index contributed by atoms with van der Waals surface area (Å²) in [5.41, 5.74) is 4.70. The van der Waals surface area contributed by atoms with E-state index >= 15 is 0 Å². The van der Waals surface area contributed by atoms with Gasteiger partial charge in [-0.2, -0.15) is 0 Å². The van der Waals surface area contributed by atoms with Crippen molar-refractivity contribution in [3.05, 3.63) is 54.2 Å². The van der Waals surface area contributed by atoms with E-state index in [1.807, 2.05) is 24.3 Å². The van der Waals surface area contributed by atoms with Gasteiger partial charge in [0.15, 0.2) is 0 Å². The number of H-pyrrole nitrogens is 1. The largest absolute Gasteiger partial charge is 0.355 e. The van der Waals surface area contributed by atoms with E-state index in [1.54, 1.807) is 0 Å². The maximum absolute atomic E-state index is 3.77. The van der Waals surface area contributed by atoms with Gasteiger partial charge in [-0.05, 0) is 30.2 Å². The molecule has 0 aliphatic carbocycles. The van der Waals surface area contributed by atoms with Gasteiger partial charge in [0.05, 0.1) is 0 Å². The summed E-state index contributed by atoms with van der Waals surface area (Å²) in [4.78, 5) is 3.33. The van der Waals surface area contributed by atoms with Crippen LogP contribution in [0.5, 0.6) is 0 Å². The van der Waals surface area contributed by atoms with E-state index in [1.165, 1.54) is 11.1 Å². The minimum absolute atomic E-state index is 1.10. The molecule has 0 fully saturated rings. The number of nitrogens with one attached hydrogen (secondary N) is 1. The van der Waals surface area contributed by atoms with Crippen LogP contribution in [-0.4, -0.2) is 4.98 Å². The highest BCUT2D eigenvalue weighted by Crippen LogP contribution is 2.21. The van der Waals surface area contributed by atoms with Gasteiger partial charge >= 0.3 is 0 Å². The Kier molecular flexibility index (Phi) is 2.23. The van der Waals surface area contributed by atoms with E-state index in [-0.39, 0.29) is 0 Å². The first-order valence-corrected chi connectivity index (χ1v) is 4.68. The second-order valence-corrected chi connectivity index (χ2v) is 3.35. The molecule has 1 heterocycles. The van der Waals surface area contributed by atoms with Crippen molar-refractivity contribution in [3.8, 4) is 11.3 Å². The van der Waals surface area contributed by atoms with Crippen molar-refractivity contribution in [2.45, 2.75) is 6.92 Å². The fraction of sp³-hybridized carbons (Fsp3) is 0.0769. The van der Waals surface area contributed by atoms with Gasteiger partial charge in [-0.1, -0.05) is 36.9 Å². The molecule has 0 unspecified atom stereocenters.